The van der Waals surface area contributed by atoms with E-state index >= 15 is 0 Å². The highest BCUT2D eigenvalue weighted by Crippen LogP contribution is 2.48. The van der Waals surface area contributed by atoms with Gasteiger partial charge in [0.1, 0.15) is 0 Å². The Morgan fingerprint density at radius 2 is 1.57 bits per heavy atom. The van der Waals surface area contributed by atoms with Gasteiger partial charge in [0.25, 0.3) is 0 Å². The number of carbonyl (C=O) groups is 2. The molecule has 4 rings (SSSR count). The lowest BCUT2D eigenvalue weighted by atomic mass is 9.58. The molecule has 1 amide bonds. The van der Waals surface area contributed by atoms with Crippen molar-refractivity contribution in [2.45, 2.75) is 32.2 Å². The molecule has 0 radical (unpaired) electrons. The highest BCUT2D eigenvalue weighted by Gasteiger charge is 2.47. The first kappa shape index (κ1) is 14.1. The summed E-state index contributed by atoms with van der Waals surface area (Å²) in [4.78, 5) is 23.9. The van der Waals surface area contributed by atoms with Crippen molar-refractivity contribution in [3.8, 4) is 0 Å². The summed E-state index contributed by atoms with van der Waals surface area (Å²) in [6.45, 7) is 0.452. The molecule has 4 nitrogen and oxygen atoms in total. The highest BCUT2D eigenvalue weighted by molar-refractivity contribution is 5.85. The van der Waals surface area contributed by atoms with Gasteiger partial charge in [0.2, 0.25) is 5.91 Å². The van der Waals surface area contributed by atoms with Crippen molar-refractivity contribution < 1.29 is 14.7 Å². The van der Waals surface area contributed by atoms with Gasteiger partial charge >= 0.3 is 0 Å². The fraction of sp³-hybridized carbons (Fsp3) is 0.529. The first-order valence-electron chi connectivity index (χ1n) is 7.69. The lowest BCUT2D eigenvalue weighted by Crippen LogP contribution is -2.54. The molecule has 1 aromatic carbocycles. The lowest BCUT2D eigenvalue weighted by molar-refractivity contribution is -0.318. The van der Waals surface area contributed by atoms with Crippen LogP contribution in [0.3, 0.4) is 0 Å². The number of nitrogens with one attached hydrogen (secondary N) is 1. The van der Waals surface area contributed by atoms with Gasteiger partial charge in [-0.1, -0.05) is 30.3 Å². The van der Waals surface area contributed by atoms with Gasteiger partial charge in [0.05, 0.1) is 0 Å². The van der Waals surface area contributed by atoms with E-state index in [1.165, 1.54) is 0 Å². The van der Waals surface area contributed by atoms with Crippen LogP contribution in [0.15, 0.2) is 30.3 Å². The van der Waals surface area contributed by atoms with Crippen LogP contribution in [0.25, 0.3) is 0 Å². The van der Waals surface area contributed by atoms with E-state index in [1.807, 2.05) is 30.3 Å². The van der Waals surface area contributed by atoms with E-state index < -0.39 is 17.8 Å². The van der Waals surface area contributed by atoms with Crippen molar-refractivity contribution in [3.63, 3.8) is 0 Å². The van der Waals surface area contributed by atoms with Crippen LogP contribution in [-0.4, -0.2) is 11.9 Å². The average molecular weight is 286 g/mol. The number of amides is 1. The van der Waals surface area contributed by atoms with Crippen LogP contribution in [0.1, 0.15) is 31.2 Å². The molecule has 3 fully saturated rings. The maximum Gasteiger partial charge on any atom is 0.224 e. The standard InChI is InChI=1S/C17H21NO3/c19-16(18-10-11-4-2-1-3-5-11)14-12-6-8-13(9-7-12)15(14)17(20)21/h1-5,12-15H,6-10H2,(H,18,19)(H,20,21)/p-1/t12?,13?,14-,15+/m0/s1. The molecular weight excluding hydrogens is 266 g/mol. The van der Waals surface area contributed by atoms with Crippen LogP contribution in [0.2, 0.25) is 0 Å². The monoisotopic (exact) mass is 286 g/mol. The Kier molecular flexibility index (Phi) is 3.95. The van der Waals surface area contributed by atoms with Crippen LogP contribution < -0.4 is 10.4 Å². The third kappa shape index (κ3) is 2.80. The summed E-state index contributed by atoms with van der Waals surface area (Å²) in [5.74, 6) is -1.87. The van der Waals surface area contributed by atoms with Crippen molar-refractivity contribution in [1.82, 2.24) is 5.32 Å². The van der Waals surface area contributed by atoms with E-state index in [0.717, 1.165) is 31.2 Å². The molecule has 2 atom stereocenters. The maximum atomic E-state index is 12.5. The number of hydrogen-bond acceptors (Lipinski definition) is 3. The maximum absolute atomic E-state index is 12.5. The molecule has 0 heterocycles. The lowest BCUT2D eigenvalue weighted by Gasteiger charge is -2.48. The summed E-state index contributed by atoms with van der Waals surface area (Å²) in [5, 5.41) is 14.4. The SMILES string of the molecule is O=C([O-])[C@@H]1C2CCC(CC2)[C@@H]1C(=O)NCc1ccccc1. The fourth-order valence-corrected chi connectivity index (χ4v) is 4.07. The molecule has 0 unspecified atom stereocenters. The molecule has 4 heteroatoms. The molecule has 1 N–H and O–H groups in total. The number of carbonyl (C=O) groups excluding carboxylic acids is 2. The van der Waals surface area contributed by atoms with Crippen LogP contribution in [0.5, 0.6) is 0 Å². The average Bonchev–Trinajstić information content (AvgIpc) is 2.53. The van der Waals surface area contributed by atoms with E-state index in [4.69, 9.17) is 0 Å². The third-order valence-corrected chi connectivity index (χ3v) is 5.10. The van der Waals surface area contributed by atoms with Gasteiger partial charge in [-0.3, -0.25) is 4.79 Å². The minimum atomic E-state index is -1.05. The van der Waals surface area contributed by atoms with Gasteiger partial charge in [-0.25, -0.2) is 0 Å². The first-order valence-corrected chi connectivity index (χ1v) is 7.69. The summed E-state index contributed by atoms with van der Waals surface area (Å²) in [6, 6.07) is 9.67. The molecule has 3 aliphatic carbocycles. The van der Waals surface area contributed by atoms with Gasteiger partial charge in [-0.05, 0) is 43.1 Å². The Morgan fingerprint density at radius 3 is 2.14 bits per heavy atom. The summed E-state index contributed by atoms with van der Waals surface area (Å²) in [6.07, 6.45) is 3.79. The molecule has 3 saturated carbocycles. The van der Waals surface area contributed by atoms with E-state index in [-0.39, 0.29) is 17.7 Å². The minimum absolute atomic E-state index is 0.118. The van der Waals surface area contributed by atoms with Crippen LogP contribution >= 0.6 is 0 Å². The highest BCUT2D eigenvalue weighted by atomic mass is 16.4. The smallest absolute Gasteiger partial charge is 0.224 e. The molecule has 21 heavy (non-hydrogen) atoms. The Morgan fingerprint density at radius 1 is 1.00 bits per heavy atom. The number of hydrogen-bond donors (Lipinski definition) is 1. The zero-order valence-electron chi connectivity index (χ0n) is 12.0. The third-order valence-electron chi connectivity index (χ3n) is 5.10. The molecule has 112 valence electrons. The first-order chi connectivity index (χ1) is 10.2. The number of fused-ring (bicyclic) bond motifs is 3. The van der Waals surface area contributed by atoms with E-state index in [0.29, 0.717) is 6.54 Å². The summed E-state index contributed by atoms with van der Waals surface area (Å²) in [5.41, 5.74) is 1.02. The molecule has 0 spiro atoms. The quantitative estimate of drug-likeness (QED) is 0.901. The van der Waals surface area contributed by atoms with Gasteiger partial charge in [-0.15, -0.1) is 0 Å². The fourth-order valence-electron chi connectivity index (χ4n) is 4.07. The predicted molar refractivity (Wildman–Crippen MR) is 75.7 cm³/mol. The van der Waals surface area contributed by atoms with E-state index in [2.05, 4.69) is 5.32 Å². The summed E-state index contributed by atoms with van der Waals surface area (Å²) >= 11 is 0. The number of aliphatic carboxylic acids is 1. The molecule has 2 bridgehead atoms. The Labute approximate surface area is 124 Å². The van der Waals surface area contributed by atoms with Crippen molar-refractivity contribution >= 4 is 11.9 Å². The number of carboxylic acids is 1. The summed E-state index contributed by atoms with van der Waals surface area (Å²) in [7, 11) is 0. The van der Waals surface area contributed by atoms with Crippen LogP contribution in [0.4, 0.5) is 0 Å². The van der Waals surface area contributed by atoms with Crippen molar-refractivity contribution in [2.24, 2.45) is 23.7 Å². The molecule has 0 saturated heterocycles. The number of carboxylic acid groups (broad SMARTS) is 1. The van der Waals surface area contributed by atoms with Crippen molar-refractivity contribution in [1.29, 1.82) is 0 Å². The van der Waals surface area contributed by atoms with Crippen LogP contribution in [0, 0.1) is 23.7 Å². The number of benzene rings is 1. The Bertz CT molecular complexity index is 520. The topological polar surface area (TPSA) is 69.2 Å². The second-order valence-electron chi connectivity index (χ2n) is 6.25. The van der Waals surface area contributed by atoms with E-state index in [1.54, 1.807) is 0 Å². The zero-order chi connectivity index (χ0) is 14.8. The molecular formula is C17H20NO3-. The van der Waals surface area contributed by atoms with Gasteiger partial charge in [0.15, 0.2) is 0 Å². The molecule has 0 aliphatic heterocycles. The van der Waals surface area contributed by atoms with Gasteiger partial charge in [0, 0.05) is 24.3 Å². The van der Waals surface area contributed by atoms with Crippen molar-refractivity contribution in [2.75, 3.05) is 0 Å². The number of rotatable bonds is 4. The van der Waals surface area contributed by atoms with Gasteiger partial charge in [-0.2, -0.15) is 0 Å². The summed E-state index contributed by atoms with van der Waals surface area (Å²) < 4.78 is 0. The normalized spacial score (nSPS) is 30.9. The second kappa shape index (κ2) is 5.88. The Balaban J connectivity index is 1.69. The van der Waals surface area contributed by atoms with Gasteiger partial charge < -0.3 is 15.2 Å². The zero-order valence-corrected chi connectivity index (χ0v) is 12.0. The molecule has 0 aromatic heterocycles. The van der Waals surface area contributed by atoms with E-state index in [9.17, 15) is 14.7 Å². The second-order valence-corrected chi connectivity index (χ2v) is 6.25. The molecule has 3 aliphatic rings. The molecule has 1 aromatic rings. The predicted octanol–water partition coefficient (Wildman–Crippen LogP) is 1.11. The Hall–Kier alpha value is -1.84. The minimum Gasteiger partial charge on any atom is -0.550 e. The van der Waals surface area contributed by atoms with Crippen molar-refractivity contribution in [3.05, 3.63) is 35.9 Å². The largest absolute Gasteiger partial charge is 0.550 e. The van der Waals surface area contributed by atoms with Crippen LogP contribution in [-0.2, 0) is 16.1 Å².